The number of carbonyl (C=O) groups is 1. The Hall–Kier alpha value is -2.45. The Labute approximate surface area is 103 Å². The van der Waals surface area contributed by atoms with Gasteiger partial charge in [0.15, 0.2) is 0 Å². The molecule has 1 aromatic heterocycles. The molecule has 0 saturated carbocycles. The number of aromatic nitrogens is 2. The quantitative estimate of drug-likeness (QED) is 0.492. The van der Waals surface area contributed by atoms with Crippen molar-refractivity contribution in [3.05, 3.63) is 15.8 Å². The molecule has 0 radical (unpaired) electrons. The van der Waals surface area contributed by atoms with Crippen molar-refractivity contribution in [2.75, 3.05) is 11.1 Å². The molecule has 0 fully saturated rings. The summed E-state index contributed by atoms with van der Waals surface area (Å²) in [5.41, 5.74) is 10.4. The highest BCUT2D eigenvalue weighted by Crippen LogP contribution is 2.26. The Bertz CT molecular complexity index is 489. The summed E-state index contributed by atoms with van der Waals surface area (Å²) < 4.78 is 0. The van der Waals surface area contributed by atoms with Gasteiger partial charge in [-0.05, 0) is 13.8 Å². The molecule has 0 aliphatic rings. The standard InChI is InChI=1S/C9H14N6O3/c1-4(3-6(10)16)12-8-7(15(17)18)5(2)13-9(11)14-8/h4H,3H2,1-2H3,(H2,10,16)(H3,11,12,13,14). The van der Waals surface area contributed by atoms with E-state index < -0.39 is 16.9 Å². The molecular formula is C9H14N6O3. The molecule has 1 heterocycles. The number of nitrogens with zero attached hydrogens (tertiary/aromatic N) is 3. The molecule has 5 N–H and O–H groups in total. The van der Waals surface area contributed by atoms with Gasteiger partial charge in [0, 0.05) is 12.5 Å². The minimum Gasteiger partial charge on any atom is -0.370 e. The zero-order valence-electron chi connectivity index (χ0n) is 10.0. The van der Waals surface area contributed by atoms with E-state index in [0.29, 0.717) is 0 Å². The number of rotatable bonds is 5. The minimum atomic E-state index is -0.603. The van der Waals surface area contributed by atoms with E-state index >= 15 is 0 Å². The molecule has 98 valence electrons. The summed E-state index contributed by atoms with van der Waals surface area (Å²) in [6.45, 7) is 3.11. The van der Waals surface area contributed by atoms with Gasteiger partial charge in [-0.2, -0.15) is 4.98 Å². The van der Waals surface area contributed by atoms with E-state index in [-0.39, 0.29) is 29.6 Å². The second-order valence-electron chi connectivity index (χ2n) is 3.84. The number of amides is 1. The molecule has 1 aromatic rings. The van der Waals surface area contributed by atoms with Gasteiger partial charge >= 0.3 is 5.69 Å². The maximum Gasteiger partial charge on any atom is 0.332 e. The first kappa shape index (κ1) is 13.6. The van der Waals surface area contributed by atoms with Crippen molar-refractivity contribution in [1.82, 2.24) is 9.97 Å². The molecule has 1 atom stereocenters. The summed E-state index contributed by atoms with van der Waals surface area (Å²) in [4.78, 5) is 28.5. The molecule has 9 heteroatoms. The number of aryl methyl sites for hydroxylation is 1. The fraction of sp³-hybridized carbons (Fsp3) is 0.444. The average molecular weight is 254 g/mol. The van der Waals surface area contributed by atoms with Crippen LogP contribution in [-0.2, 0) is 4.79 Å². The summed E-state index contributed by atoms with van der Waals surface area (Å²) in [5.74, 6) is -0.609. The monoisotopic (exact) mass is 254 g/mol. The lowest BCUT2D eigenvalue weighted by Crippen LogP contribution is -2.25. The molecule has 1 amide bonds. The zero-order chi connectivity index (χ0) is 13.9. The Morgan fingerprint density at radius 1 is 1.56 bits per heavy atom. The fourth-order valence-electron chi connectivity index (χ4n) is 1.49. The molecule has 9 nitrogen and oxygen atoms in total. The van der Waals surface area contributed by atoms with Gasteiger partial charge in [0.2, 0.25) is 17.7 Å². The van der Waals surface area contributed by atoms with E-state index in [4.69, 9.17) is 11.5 Å². The molecule has 1 rings (SSSR count). The van der Waals surface area contributed by atoms with E-state index in [1.54, 1.807) is 6.92 Å². The fourth-order valence-corrected chi connectivity index (χ4v) is 1.49. The number of nitrogens with one attached hydrogen (secondary N) is 1. The van der Waals surface area contributed by atoms with Crippen LogP contribution in [0.1, 0.15) is 19.0 Å². The van der Waals surface area contributed by atoms with Gasteiger partial charge in [0.25, 0.3) is 0 Å². The molecule has 0 spiro atoms. The third-order valence-electron chi connectivity index (χ3n) is 2.15. The Kier molecular flexibility index (Phi) is 3.97. The number of nitrogen functional groups attached to an aromatic ring is 1. The van der Waals surface area contributed by atoms with Gasteiger partial charge < -0.3 is 16.8 Å². The molecule has 1 unspecified atom stereocenters. The van der Waals surface area contributed by atoms with Crippen LogP contribution in [0.4, 0.5) is 17.5 Å². The van der Waals surface area contributed by atoms with Gasteiger partial charge in [0.05, 0.1) is 4.92 Å². The van der Waals surface area contributed by atoms with Crippen molar-refractivity contribution in [3.63, 3.8) is 0 Å². The summed E-state index contributed by atoms with van der Waals surface area (Å²) in [7, 11) is 0. The first-order valence-corrected chi connectivity index (χ1v) is 5.14. The predicted octanol–water partition coefficient (Wildman–Crippen LogP) is -0.0488. The first-order chi connectivity index (χ1) is 8.31. The molecule has 18 heavy (non-hydrogen) atoms. The van der Waals surface area contributed by atoms with Crippen LogP contribution in [0.2, 0.25) is 0 Å². The third-order valence-corrected chi connectivity index (χ3v) is 2.15. The topological polar surface area (TPSA) is 150 Å². The van der Waals surface area contributed by atoms with Gasteiger partial charge in [-0.1, -0.05) is 0 Å². The molecule has 0 saturated heterocycles. The van der Waals surface area contributed by atoms with Gasteiger partial charge in [-0.3, -0.25) is 14.9 Å². The van der Waals surface area contributed by atoms with Gasteiger partial charge in [-0.15, -0.1) is 0 Å². The molecule has 0 aliphatic heterocycles. The van der Waals surface area contributed by atoms with Crippen molar-refractivity contribution >= 4 is 23.4 Å². The maximum absolute atomic E-state index is 10.9. The van der Waals surface area contributed by atoms with Crippen molar-refractivity contribution in [3.8, 4) is 0 Å². The number of anilines is 2. The number of carbonyl (C=O) groups excluding carboxylic acids is 1. The number of nitrogens with two attached hydrogens (primary N) is 2. The zero-order valence-corrected chi connectivity index (χ0v) is 10.0. The predicted molar refractivity (Wildman–Crippen MR) is 64.7 cm³/mol. The normalized spacial score (nSPS) is 11.9. The lowest BCUT2D eigenvalue weighted by molar-refractivity contribution is -0.385. The van der Waals surface area contributed by atoms with E-state index in [1.165, 1.54) is 6.92 Å². The SMILES string of the molecule is Cc1nc(N)nc(NC(C)CC(N)=O)c1[N+](=O)[O-]. The summed E-state index contributed by atoms with van der Waals surface area (Å²) >= 11 is 0. The third kappa shape index (κ3) is 3.27. The summed E-state index contributed by atoms with van der Waals surface area (Å²) in [6.07, 6.45) is 0.0279. The van der Waals surface area contributed by atoms with Crippen molar-refractivity contribution < 1.29 is 9.72 Å². The van der Waals surface area contributed by atoms with Gasteiger partial charge in [0.1, 0.15) is 5.69 Å². The van der Waals surface area contributed by atoms with Crippen LogP contribution in [0.25, 0.3) is 0 Å². The second kappa shape index (κ2) is 5.25. The van der Waals surface area contributed by atoms with Crippen molar-refractivity contribution in [1.29, 1.82) is 0 Å². The van der Waals surface area contributed by atoms with Crippen molar-refractivity contribution in [2.45, 2.75) is 26.3 Å². The minimum absolute atomic E-state index is 0.0150. The van der Waals surface area contributed by atoms with E-state index in [9.17, 15) is 14.9 Å². The largest absolute Gasteiger partial charge is 0.370 e. The van der Waals surface area contributed by atoms with Crippen LogP contribution in [-0.4, -0.2) is 26.8 Å². The first-order valence-electron chi connectivity index (χ1n) is 5.14. The molecule has 0 aromatic carbocycles. The Morgan fingerprint density at radius 3 is 2.67 bits per heavy atom. The smallest absolute Gasteiger partial charge is 0.332 e. The number of primary amides is 1. The molecular weight excluding hydrogens is 240 g/mol. The summed E-state index contributed by atoms with van der Waals surface area (Å²) in [6, 6.07) is -0.394. The van der Waals surface area contributed by atoms with Crippen LogP contribution in [0.15, 0.2) is 0 Å². The number of nitro groups is 1. The van der Waals surface area contributed by atoms with Crippen LogP contribution >= 0.6 is 0 Å². The Morgan fingerprint density at radius 2 is 2.17 bits per heavy atom. The highest BCUT2D eigenvalue weighted by molar-refractivity contribution is 5.75. The van der Waals surface area contributed by atoms with Crippen LogP contribution in [0, 0.1) is 17.0 Å². The van der Waals surface area contributed by atoms with E-state index in [1.807, 2.05) is 0 Å². The van der Waals surface area contributed by atoms with Crippen molar-refractivity contribution in [2.24, 2.45) is 5.73 Å². The lowest BCUT2D eigenvalue weighted by Gasteiger charge is -2.13. The number of hydrogen-bond acceptors (Lipinski definition) is 7. The maximum atomic E-state index is 10.9. The van der Waals surface area contributed by atoms with E-state index in [0.717, 1.165) is 0 Å². The van der Waals surface area contributed by atoms with Crippen LogP contribution < -0.4 is 16.8 Å². The van der Waals surface area contributed by atoms with Gasteiger partial charge in [-0.25, -0.2) is 4.98 Å². The average Bonchev–Trinajstić information content (AvgIpc) is 2.12. The highest BCUT2D eigenvalue weighted by Gasteiger charge is 2.22. The molecule has 0 aliphatic carbocycles. The Balaban J connectivity index is 3.07. The number of hydrogen-bond donors (Lipinski definition) is 3. The van der Waals surface area contributed by atoms with E-state index in [2.05, 4.69) is 15.3 Å². The van der Waals surface area contributed by atoms with Crippen LogP contribution in [0.5, 0.6) is 0 Å². The van der Waals surface area contributed by atoms with Crippen LogP contribution in [0.3, 0.4) is 0 Å². The lowest BCUT2D eigenvalue weighted by atomic mass is 10.2. The highest BCUT2D eigenvalue weighted by atomic mass is 16.6. The summed E-state index contributed by atoms with van der Waals surface area (Å²) in [5, 5.41) is 13.6. The second-order valence-corrected chi connectivity index (χ2v) is 3.84. The molecule has 0 bridgehead atoms.